The summed E-state index contributed by atoms with van der Waals surface area (Å²) in [5.74, 6) is 0.332. The van der Waals surface area contributed by atoms with Crippen molar-refractivity contribution in [1.29, 1.82) is 0 Å². The molecule has 0 N–H and O–H groups in total. The molecular weight excluding hydrogens is 188 g/mol. The first-order chi connectivity index (χ1) is 7.00. The summed E-state index contributed by atoms with van der Waals surface area (Å²) in [5, 5.41) is 0. The lowest BCUT2D eigenvalue weighted by molar-refractivity contribution is -0.125. The van der Waals surface area contributed by atoms with Crippen molar-refractivity contribution in [2.75, 3.05) is 0 Å². The predicted octanol–water partition coefficient (Wildman–Crippen LogP) is 3.01. The van der Waals surface area contributed by atoms with E-state index in [4.69, 9.17) is 4.74 Å². The van der Waals surface area contributed by atoms with E-state index in [1.807, 2.05) is 0 Å². The second-order valence-corrected chi connectivity index (χ2v) is 5.26. The van der Waals surface area contributed by atoms with Crippen molar-refractivity contribution < 1.29 is 9.53 Å². The van der Waals surface area contributed by atoms with Gasteiger partial charge in [-0.2, -0.15) is 0 Å². The molecule has 1 saturated carbocycles. The van der Waals surface area contributed by atoms with Crippen LogP contribution >= 0.6 is 0 Å². The van der Waals surface area contributed by atoms with Crippen molar-refractivity contribution in [2.45, 2.75) is 64.1 Å². The van der Waals surface area contributed by atoms with Gasteiger partial charge in [-0.15, -0.1) is 0 Å². The standard InChI is InChI=1S/C13H20O2/c1-10(2)6-4-9-13-11(14)7-5-8-12(13,3)15-13/h6H,4-5,7-9H2,1-3H3. The molecule has 1 aliphatic carbocycles. The molecule has 1 aliphatic heterocycles. The van der Waals surface area contributed by atoms with Crippen molar-refractivity contribution >= 4 is 5.78 Å². The van der Waals surface area contributed by atoms with Crippen LogP contribution in [0.5, 0.6) is 0 Å². The summed E-state index contributed by atoms with van der Waals surface area (Å²) >= 11 is 0. The Morgan fingerprint density at radius 2 is 2.27 bits per heavy atom. The lowest BCUT2D eigenvalue weighted by Gasteiger charge is -2.20. The van der Waals surface area contributed by atoms with Crippen molar-refractivity contribution in [2.24, 2.45) is 0 Å². The number of carbonyl (C=O) groups excluding carboxylic acids is 1. The lowest BCUT2D eigenvalue weighted by atomic mass is 9.77. The number of carbonyl (C=O) groups is 1. The summed E-state index contributed by atoms with van der Waals surface area (Å²) in [6, 6.07) is 0. The van der Waals surface area contributed by atoms with Crippen LogP contribution in [0.4, 0.5) is 0 Å². The van der Waals surface area contributed by atoms with E-state index in [9.17, 15) is 4.79 Å². The number of hydrogen-bond donors (Lipinski definition) is 0. The summed E-state index contributed by atoms with van der Waals surface area (Å²) in [6.45, 7) is 6.27. The van der Waals surface area contributed by atoms with Crippen LogP contribution in [0.2, 0.25) is 0 Å². The van der Waals surface area contributed by atoms with Gasteiger partial charge in [0.1, 0.15) is 5.60 Å². The second kappa shape index (κ2) is 3.44. The fourth-order valence-electron chi connectivity index (χ4n) is 2.77. The van der Waals surface area contributed by atoms with Gasteiger partial charge in [-0.05, 0) is 46.5 Å². The fraction of sp³-hybridized carbons (Fsp3) is 0.769. The van der Waals surface area contributed by atoms with Crippen LogP contribution in [-0.2, 0) is 9.53 Å². The molecule has 0 aromatic heterocycles. The highest BCUT2D eigenvalue weighted by Crippen LogP contribution is 2.57. The summed E-state index contributed by atoms with van der Waals surface area (Å²) in [4.78, 5) is 11.9. The zero-order valence-electron chi connectivity index (χ0n) is 9.93. The summed E-state index contributed by atoms with van der Waals surface area (Å²) in [5.41, 5.74) is 0.784. The molecule has 0 aromatic rings. The molecule has 2 atom stereocenters. The van der Waals surface area contributed by atoms with Gasteiger partial charge >= 0.3 is 0 Å². The Kier molecular flexibility index (Phi) is 2.50. The minimum Gasteiger partial charge on any atom is -0.354 e. The van der Waals surface area contributed by atoms with Crippen LogP contribution in [0, 0.1) is 0 Å². The van der Waals surface area contributed by atoms with Gasteiger partial charge in [0.25, 0.3) is 0 Å². The van der Waals surface area contributed by atoms with E-state index in [2.05, 4.69) is 26.8 Å². The first-order valence-electron chi connectivity index (χ1n) is 5.87. The summed E-state index contributed by atoms with van der Waals surface area (Å²) in [7, 11) is 0. The van der Waals surface area contributed by atoms with E-state index >= 15 is 0 Å². The minimum absolute atomic E-state index is 0.127. The van der Waals surface area contributed by atoms with Gasteiger partial charge in [-0.1, -0.05) is 11.6 Å². The molecule has 0 radical (unpaired) electrons. The Hall–Kier alpha value is -0.630. The number of hydrogen-bond acceptors (Lipinski definition) is 2. The Morgan fingerprint density at radius 1 is 1.53 bits per heavy atom. The fourth-order valence-corrected chi connectivity index (χ4v) is 2.77. The van der Waals surface area contributed by atoms with Crippen molar-refractivity contribution in [3.8, 4) is 0 Å². The van der Waals surface area contributed by atoms with Crippen molar-refractivity contribution in [3.05, 3.63) is 11.6 Å². The van der Waals surface area contributed by atoms with Crippen LogP contribution in [0.3, 0.4) is 0 Å². The molecule has 2 nitrogen and oxygen atoms in total. The first-order valence-corrected chi connectivity index (χ1v) is 5.87. The summed E-state index contributed by atoms with van der Waals surface area (Å²) in [6.07, 6.45) is 6.79. The largest absolute Gasteiger partial charge is 0.354 e. The van der Waals surface area contributed by atoms with Crippen LogP contribution in [0.15, 0.2) is 11.6 Å². The number of ether oxygens (including phenoxy) is 1. The Labute approximate surface area is 91.7 Å². The Balaban J connectivity index is 2.01. The number of fused-ring (bicyclic) bond motifs is 1. The molecule has 2 unspecified atom stereocenters. The molecule has 2 rings (SSSR count). The van der Waals surface area contributed by atoms with E-state index in [1.54, 1.807) is 0 Å². The van der Waals surface area contributed by atoms with E-state index in [-0.39, 0.29) is 5.60 Å². The predicted molar refractivity (Wildman–Crippen MR) is 59.7 cm³/mol. The van der Waals surface area contributed by atoms with Crippen molar-refractivity contribution in [1.82, 2.24) is 0 Å². The topological polar surface area (TPSA) is 29.6 Å². The molecule has 0 spiro atoms. The third-order valence-electron chi connectivity index (χ3n) is 3.77. The minimum atomic E-state index is -0.406. The average Bonchev–Trinajstić information content (AvgIpc) is 2.73. The molecule has 84 valence electrons. The maximum absolute atomic E-state index is 11.9. The smallest absolute Gasteiger partial charge is 0.167 e. The van der Waals surface area contributed by atoms with Crippen LogP contribution < -0.4 is 0 Å². The zero-order chi connectivity index (χ0) is 11.1. The third kappa shape index (κ3) is 1.65. The number of rotatable bonds is 3. The Morgan fingerprint density at radius 3 is 2.87 bits per heavy atom. The average molecular weight is 208 g/mol. The maximum Gasteiger partial charge on any atom is 0.167 e. The first kappa shape index (κ1) is 10.9. The van der Waals surface area contributed by atoms with Gasteiger partial charge < -0.3 is 4.74 Å². The second-order valence-electron chi connectivity index (χ2n) is 5.26. The quantitative estimate of drug-likeness (QED) is 0.527. The molecule has 1 heterocycles. The zero-order valence-corrected chi connectivity index (χ0v) is 9.93. The van der Waals surface area contributed by atoms with Gasteiger partial charge in [0.05, 0.1) is 0 Å². The Bertz CT molecular complexity index is 314. The van der Waals surface area contributed by atoms with Crippen molar-refractivity contribution in [3.63, 3.8) is 0 Å². The molecular formula is C13H20O2. The lowest BCUT2D eigenvalue weighted by Crippen LogP contribution is -2.36. The van der Waals surface area contributed by atoms with E-state index < -0.39 is 5.60 Å². The van der Waals surface area contributed by atoms with Crippen LogP contribution in [0.1, 0.15) is 52.9 Å². The third-order valence-corrected chi connectivity index (χ3v) is 3.77. The van der Waals surface area contributed by atoms with Crippen LogP contribution in [0.25, 0.3) is 0 Å². The maximum atomic E-state index is 11.9. The number of allylic oxidation sites excluding steroid dienone is 2. The number of epoxide rings is 1. The SMILES string of the molecule is CC(C)=CCCC12OC1(C)CCCC2=O. The number of Topliss-reactive ketones (excluding diaryl/α,β-unsaturated/α-hetero) is 1. The molecule has 2 heteroatoms. The highest BCUT2D eigenvalue weighted by molar-refractivity contribution is 5.92. The molecule has 2 fully saturated rings. The molecule has 0 amide bonds. The summed E-state index contributed by atoms with van der Waals surface area (Å²) < 4.78 is 5.77. The highest BCUT2D eigenvalue weighted by Gasteiger charge is 2.71. The molecule has 1 saturated heterocycles. The van der Waals surface area contributed by atoms with E-state index in [0.717, 1.165) is 25.7 Å². The van der Waals surface area contributed by atoms with Crippen LogP contribution in [-0.4, -0.2) is 17.0 Å². The van der Waals surface area contributed by atoms with Gasteiger partial charge in [0.15, 0.2) is 11.4 Å². The molecule has 0 bridgehead atoms. The van der Waals surface area contributed by atoms with E-state index in [0.29, 0.717) is 12.2 Å². The highest BCUT2D eigenvalue weighted by atomic mass is 16.6. The van der Waals surface area contributed by atoms with Gasteiger partial charge in [0, 0.05) is 6.42 Å². The molecule has 15 heavy (non-hydrogen) atoms. The normalized spacial score (nSPS) is 38.5. The van der Waals surface area contributed by atoms with Gasteiger partial charge in [-0.3, -0.25) is 4.79 Å². The number of ketones is 1. The molecule has 2 aliphatic rings. The van der Waals surface area contributed by atoms with E-state index in [1.165, 1.54) is 5.57 Å². The monoisotopic (exact) mass is 208 g/mol. The van der Waals surface area contributed by atoms with Gasteiger partial charge in [-0.25, -0.2) is 0 Å². The van der Waals surface area contributed by atoms with Gasteiger partial charge in [0.2, 0.25) is 0 Å². The molecule has 0 aromatic carbocycles.